The molecule has 0 aromatic rings. The Morgan fingerprint density at radius 2 is 2.42 bits per heavy atom. The molecule has 0 aromatic heterocycles. The van der Waals surface area contributed by atoms with Crippen LogP contribution in [0.15, 0.2) is 0 Å². The Kier molecular flexibility index (Phi) is 4.58. The lowest BCUT2D eigenvalue weighted by molar-refractivity contribution is -0.0296. The van der Waals surface area contributed by atoms with E-state index >= 15 is 0 Å². The van der Waals surface area contributed by atoms with Crippen molar-refractivity contribution in [3.8, 4) is 0 Å². The molecule has 1 aliphatic rings. The lowest BCUT2D eigenvalue weighted by atomic mass is 10.2. The van der Waals surface area contributed by atoms with Gasteiger partial charge in [-0.1, -0.05) is 0 Å². The molecule has 3 heteroatoms. The molecule has 1 aliphatic heterocycles. The van der Waals surface area contributed by atoms with Gasteiger partial charge in [-0.05, 0) is 32.7 Å². The third kappa shape index (κ3) is 3.52. The fourth-order valence-corrected chi connectivity index (χ4v) is 1.47. The summed E-state index contributed by atoms with van der Waals surface area (Å²) in [5.41, 5.74) is 0. The average Bonchev–Trinajstić information content (AvgIpc) is 2.33. The number of rotatable bonds is 3. The van der Waals surface area contributed by atoms with E-state index < -0.39 is 0 Å². The van der Waals surface area contributed by atoms with Gasteiger partial charge in [-0.15, -0.1) is 0 Å². The Bertz CT molecular complexity index is 111. The molecule has 0 bridgehead atoms. The highest BCUT2D eigenvalue weighted by molar-refractivity contribution is 4.68. The highest BCUT2D eigenvalue weighted by atomic mass is 16.5. The summed E-state index contributed by atoms with van der Waals surface area (Å²) >= 11 is 0. The summed E-state index contributed by atoms with van der Waals surface area (Å²) in [6.45, 7) is 4.07. The summed E-state index contributed by atoms with van der Waals surface area (Å²) in [4.78, 5) is 0. The van der Waals surface area contributed by atoms with Gasteiger partial charge in [0.05, 0.1) is 18.8 Å². The molecule has 1 heterocycles. The minimum Gasteiger partial charge on any atom is -0.394 e. The van der Waals surface area contributed by atoms with E-state index in [1.807, 2.05) is 6.92 Å². The average molecular weight is 173 g/mol. The van der Waals surface area contributed by atoms with E-state index in [1.165, 1.54) is 12.8 Å². The second-order valence-electron chi connectivity index (χ2n) is 3.45. The largest absolute Gasteiger partial charge is 0.394 e. The van der Waals surface area contributed by atoms with Gasteiger partial charge < -0.3 is 15.2 Å². The van der Waals surface area contributed by atoms with E-state index in [9.17, 15) is 0 Å². The SMILES string of the molecule is CC(CO)OC1CCCCNC1. The molecule has 2 unspecified atom stereocenters. The van der Waals surface area contributed by atoms with Gasteiger partial charge in [0.25, 0.3) is 0 Å². The van der Waals surface area contributed by atoms with E-state index in [1.54, 1.807) is 0 Å². The second kappa shape index (κ2) is 5.51. The van der Waals surface area contributed by atoms with Gasteiger partial charge in [-0.25, -0.2) is 0 Å². The van der Waals surface area contributed by atoms with Crippen molar-refractivity contribution in [2.75, 3.05) is 19.7 Å². The molecular formula is C9H19NO2. The Hall–Kier alpha value is -0.120. The number of hydrogen-bond acceptors (Lipinski definition) is 3. The topological polar surface area (TPSA) is 41.5 Å². The summed E-state index contributed by atoms with van der Waals surface area (Å²) < 4.78 is 5.61. The van der Waals surface area contributed by atoms with Crippen molar-refractivity contribution in [1.29, 1.82) is 0 Å². The van der Waals surface area contributed by atoms with Crippen LogP contribution < -0.4 is 5.32 Å². The van der Waals surface area contributed by atoms with Gasteiger partial charge in [-0.3, -0.25) is 0 Å². The summed E-state index contributed by atoms with van der Waals surface area (Å²) in [6, 6.07) is 0. The number of nitrogens with one attached hydrogen (secondary N) is 1. The van der Waals surface area contributed by atoms with Gasteiger partial charge in [-0.2, -0.15) is 0 Å². The Balaban J connectivity index is 2.20. The maximum absolute atomic E-state index is 8.79. The van der Waals surface area contributed by atoms with E-state index in [4.69, 9.17) is 9.84 Å². The number of ether oxygens (including phenoxy) is 1. The van der Waals surface area contributed by atoms with Crippen molar-refractivity contribution in [2.24, 2.45) is 0 Å². The zero-order chi connectivity index (χ0) is 8.81. The molecule has 1 saturated heterocycles. The van der Waals surface area contributed by atoms with Crippen LogP contribution in [0.1, 0.15) is 26.2 Å². The van der Waals surface area contributed by atoms with Crippen molar-refractivity contribution in [3.05, 3.63) is 0 Å². The molecule has 1 rings (SSSR count). The molecule has 72 valence electrons. The van der Waals surface area contributed by atoms with E-state index in [0.717, 1.165) is 19.5 Å². The van der Waals surface area contributed by atoms with Crippen molar-refractivity contribution >= 4 is 0 Å². The van der Waals surface area contributed by atoms with Crippen LogP contribution in [0.25, 0.3) is 0 Å². The first kappa shape index (κ1) is 9.96. The Labute approximate surface area is 74.1 Å². The van der Waals surface area contributed by atoms with Crippen LogP contribution in [0.4, 0.5) is 0 Å². The van der Waals surface area contributed by atoms with Crippen LogP contribution in [0.5, 0.6) is 0 Å². The normalized spacial score (nSPS) is 28.0. The van der Waals surface area contributed by atoms with Crippen molar-refractivity contribution in [2.45, 2.75) is 38.4 Å². The molecule has 2 atom stereocenters. The summed E-state index contributed by atoms with van der Waals surface area (Å²) in [7, 11) is 0. The van der Waals surface area contributed by atoms with Crippen molar-refractivity contribution in [3.63, 3.8) is 0 Å². The first-order valence-corrected chi connectivity index (χ1v) is 4.80. The highest BCUT2D eigenvalue weighted by Gasteiger charge is 2.14. The van der Waals surface area contributed by atoms with Gasteiger partial charge in [0.2, 0.25) is 0 Å². The second-order valence-corrected chi connectivity index (χ2v) is 3.45. The van der Waals surface area contributed by atoms with Gasteiger partial charge in [0.15, 0.2) is 0 Å². The molecule has 0 aliphatic carbocycles. The van der Waals surface area contributed by atoms with Gasteiger partial charge >= 0.3 is 0 Å². The van der Waals surface area contributed by atoms with Crippen LogP contribution in [0.2, 0.25) is 0 Å². The third-order valence-corrected chi connectivity index (χ3v) is 2.18. The fourth-order valence-electron chi connectivity index (χ4n) is 1.47. The first-order valence-electron chi connectivity index (χ1n) is 4.80. The van der Waals surface area contributed by atoms with Gasteiger partial charge in [0, 0.05) is 6.54 Å². The van der Waals surface area contributed by atoms with E-state index in [2.05, 4.69) is 5.32 Å². The third-order valence-electron chi connectivity index (χ3n) is 2.18. The van der Waals surface area contributed by atoms with Gasteiger partial charge in [0.1, 0.15) is 0 Å². The standard InChI is InChI=1S/C9H19NO2/c1-8(7-11)12-9-4-2-3-5-10-6-9/h8-11H,2-7H2,1H3. The molecule has 0 radical (unpaired) electrons. The zero-order valence-electron chi connectivity index (χ0n) is 7.75. The van der Waals surface area contributed by atoms with Crippen LogP contribution in [-0.2, 0) is 4.74 Å². The zero-order valence-corrected chi connectivity index (χ0v) is 7.75. The Morgan fingerprint density at radius 3 is 3.17 bits per heavy atom. The summed E-state index contributed by atoms with van der Waals surface area (Å²) in [6.07, 6.45) is 3.88. The van der Waals surface area contributed by atoms with Crippen molar-refractivity contribution in [1.82, 2.24) is 5.32 Å². The van der Waals surface area contributed by atoms with Crippen molar-refractivity contribution < 1.29 is 9.84 Å². The fraction of sp³-hybridized carbons (Fsp3) is 1.00. The van der Waals surface area contributed by atoms with E-state index in [-0.39, 0.29) is 12.7 Å². The molecule has 0 spiro atoms. The Morgan fingerprint density at radius 1 is 1.58 bits per heavy atom. The lowest BCUT2D eigenvalue weighted by Crippen LogP contribution is -2.31. The molecule has 1 fully saturated rings. The molecule has 0 amide bonds. The monoisotopic (exact) mass is 173 g/mol. The van der Waals surface area contributed by atoms with Crippen LogP contribution in [-0.4, -0.2) is 37.0 Å². The van der Waals surface area contributed by atoms with E-state index in [0.29, 0.717) is 6.10 Å². The molecule has 3 nitrogen and oxygen atoms in total. The number of aliphatic hydroxyl groups excluding tert-OH is 1. The highest BCUT2D eigenvalue weighted by Crippen LogP contribution is 2.09. The predicted octanol–water partition coefficient (Wildman–Crippen LogP) is 0.526. The first-order chi connectivity index (χ1) is 5.83. The molecule has 12 heavy (non-hydrogen) atoms. The minimum absolute atomic E-state index is 0.0186. The summed E-state index contributed by atoms with van der Waals surface area (Å²) in [5, 5.41) is 12.1. The summed E-state index contributed by atoms with van der Waals surface area (Å²) in [5.74, 6) is 0. The smallest absolute Gasteiger partial charge is 0.0782 e. The van der Waals surface area contributed by atoms with Crippen LogP contribution in [0.3, 0.4) is 0 Å². The molecule has 0 saturated carbocycles. The number of hydrogen-bond donors (Lipinski definition) is 2. The minimum atomic E-state index is -0.0186. The lowest BCUT2D eigenvalue weighted by Gasteiger charge is -2.19. The maximum Gasteiger partial charge on any atom is 0.0782 e. The number of aliphatic hydroxyl groups is 1. The maximum atomic E-state index is 8.79. The molecule has 0 aromatic carbocycles. The van der Waals surface area contributed by atoms with Crippen LogP contribution >= 0.6 is 0 Å². The predicted molar refractivity (Wildman–Crippen MR) is 48.1 cm³/mol. The molecular weight excluding hydrogens is 154 g/mol. The molecule has 2 N–H and O–H groups in total. The van der Waals surface area contributed by atoms with Crippen LogP contribution in [0, 0.1) is 0 Å². The quantitative estimate of drug-likeness (QED) is 0.654.